The topological polar surface area (TPSA) is 81.4 Å². The van der Waals surface area contributed by atoms with Gasteiger partial charge in [-0.2, -0.15) is 0 Å². The lowest BCUT2D eigenvalue weighted by molar-refractivity contribution is 0.0980. The fourth-order valence-corrected chi connectivity index (χ4v) is 4.42. The first-order valence-corrected chi connectivity index (χ1v) is 11.7. The zero-order chi connectivity index (χ0) is 24.5. The van der Waals surface area contributed by atoms with Gasteiger partial charge in [0.05, 0.1) is 29.1 Å². The lowest BCUT2D eigenvalue weighted by atomic mass is 9.82. The highest BCUT2D eigenvalue weighted by Crippen LogP contribution is 2.42. The fraction of sp³-hybridized carbons (Fsp3) is 0.103. The number of ketones is 2. The first-order valence-electron chi connectivity index (χ1n) is 11.3. The fourth-order valence-electron chi connectivity index (χ4n) is 4.25. The Bertz CT molecular complexity index is 1450. The highest BCUT2D eigenvalue weighted by molar-refractivity contribution is 6.35. The molecule has 1 aliphatic carbocycles. The molecule has 4 aromatic carbocycles. The molecule has 0 radical (unpaired) electrons. The second-order valence-corrected chi connectivity index (χ2v) is 8.95. The Morgan fingerprint density at radius 3 is 2.31 bits per heavy atom. The van der Waals surface area contributed by atoms with E-state index in [0.29, 0.717) is 29.5 Å². The van der Waals surface area contributed by atoms with Gasteiger partial charge >= 0.3 is 0 Å². The van der Waals surface area contributed by atoms with Crippen molar-refractivity contribution in [1.82, 2.24) is 0 Å². The minimum atomic E-state index is -0.329. The van der Waals surface area contributed by atoms with Crippen LogP contribution in [0.15, 0.2) is 78.9 Å². The van der Waals surface area contributed by atoms with E-state index in [4.69, 9.17) is 22.1 Å². The van der Waals surface area contributed by atoms with Crippen LogP contribution < -0.4 is 15.8 Å². The molecule has 0 spiro atoms. The van der Waals surface area contributed by atoms with Gasteiger partial charge in [0, 0.05) is 34.3 Å². The number of rotatable bonds is 6. The average Bonchev–Trinajstić information content (AvgIpc) is 2.86. The number of nitrogen functional groups attached to an aromatic ring is 1. The zero-order valence-electron chi connectivity index (χ0n) is 19.1. The molecule has 3 N–H and O–H groups in total. The second kappa shape index (κ2) is 9.28. The van der Waals surface area contributed by atoms with Crippen LogP contribution >= 0.6 is 11.6 Å². The average molecular weight is 483 g/mol. The first kappa shape index (κ1) is 22.7. The van der Waals surface area contributed by atoms with Crippen molar-refractivity contribution in [2.45, 2.75) is 13.3 Å². The summed E-state index contributed by atoms with van der Waals surface area (Å²) in [6, 6.07) is 24.1. The molecule has 0 unspecified atom stereocenters. The Balaban J connectivity index is 1.58. The number of ether oxygens (including phenoxy) is 1. The quantitative estimate of drug-likeness (QED) is 0.275. The van der Waals surface area contributed by atoms with Crippen molar-refractivity contribution in [2.24, 2.45) is 0 Å². The van der Waals surface area contributed by atoms with E-state index in [0.717, 1.165) is 16.8 Å². The van der Waals surface area contributed by atoms with Gasteiger partial charge in [-0.3, -0.25) is 9.59 Å². The first-order chi connectivity index (χ1) is 16.9. The van der Waals surface area contributed by atoms with E-state index in [1.54, 1.807) is 18.2 Å². The smallest absolute Gasteiger partial charge is 0.196 e. The van der Waals surface area contributed by atoms with Crippen LogP contribution in [0, 0.1) is 6.92 Å². The molecule has 0 saturated heterocycles. The standard InChI is InChI=1S/C29H23ClN2O3/c1-17-7-10-20(11-8-17)32-23-16-24(35-14-13-18-5-3-2-4-6-18)27(31)26-25(23)29(34)22-15-19(30)9-12-21(22)28(26)33/h2-12,15-16,32H,13-14,31H2,1H3. The van der Waals surface area contributed by atoms with Crippen LogP contribution in [0.3, 0.4) is 0 Å². The minimum Gasteiger partial charge on any atom is -0.491 e. The molecule has 0 atom stereocenters. The maximum Gasteiger partial charge on any atom is 0.196 e. The molecule has 0 amide bonds. The number of halogens is 1. The third-order valence-corrected chi connectivity index (χ3v) is 6.31. The van der Waals surface area contributed by atoms with E-state index in [-0.39, 0.29) is 39.5 Å². The van der Waals surface area contributed by atoms with Crippen LogP contribution in [0.2, 0.25) is 5.02 Å². The van der Waals surface area contributed by atoms with Crippen molar-refractivity contribution < 1.29 is 14.3 Å². The van der Waals surface area contributed by atoms with Crippen molar-refractivity contribution in [1.29, 1.82) is 0 Å². The highest BCUT2D eigenvalue weighted by atomic mass is 35.5. The third-order valence-electron chi connectivity index (χ3n) is 6.08. The summed E-state index contributed by atoms with van der Waals surface area (Å²) in [6.07, 6.45) is 0.673. The molecule has 0 aliphatic heterocycles. The molecule has 6 heteroatoms. The van der Waals surface area contributed by atoms with Gasteiger partial charge in [0.25, 0.3) is 0 Å². The van der Waals surface area contributed by atoms with Crippen molar-refractivity contribution in [3.8, 4) is 5.75 Å². The molecule has 0 heterocycles. The van der Waals surface area contributed by atoms with E-state index < -0.39 is 0 Å². The van der Waals surface area contributed by atoms with E-state index in [2.05, 4.69) is 5.32 Å². The summed E-state index contributed by atoms with van der Waals surface area (Å²) in [7, 11) is 0. The van der Waals surface area contributed by atoms with Gasteiger partial charge in [0.2, 0.25) is 0 Å². The van der Waals surface area contributed by atoms with Crippen LogP contribution in [0.5, 0.6) is 5.75 Å². The second-order valence-electron chi connectivity index (χ2n) is 8.51. The monoisotopic (exact) mass is 482 g/mol. The van der Waals surface area contributed by atoms with Gasteiger partial charge in [0.1, 0.15) is 5.75 Å². The predicted molar refractivity (Wildman–Crippen MR) is 139 cm³/mol. The van der Waals surface area contributed by atoms with Crippen LogP contribution in [-0.2, 0) is 6.42 Å². The normalized spacial score (nSPS) is 12.2. The number of benzene rings is 4. The lowest BCUT2D eigenvalue weighted by Gasteiger charge is -2.24. The maximum atomic E-state index is 13.6. The SMILES string of the molecule is Cc1ccc(Nc2cc(OCCc3ccccc3)c(N)c3c2C(=O)c2cc(Cl)ccc2C3=O)cc1. The zero-order valence-corrected chi connectivity index (χ0v) is 19.9. The number of anilines is 3. The van der Waals surface area contributed by atoms with Crippen molar-refractivity contribution in [3.05, 3.63) is 117 Å². The van der Waals surface area contributed by atoms with E-state index in [1.807, 2.05) is 61.5 Å². The minimum absolute atomic E-state index is 0.150. The summed E-state index contributed by atoms with van der Waals surface area (Å²) < 4.78 is 6.05. The van der Waals surface area contributed by atoms with Crippen LogP contribution in [0.1, 0.15) is 43.0 Å². The van der Waals surface area contributed by atoms with E-state index in [1.165, 1.54) is 6.07 Å². The number of carbonyl (C=O) groups excluding carboxylic acids is 2. The van der Waals surface area contributed by atoms with Gasteiger partial charge in [-0.25, -0.2) is 0 Å². The molecule has 0 aromatic heterocycles. The molecular weight excluding hydrogens is 460 g/mol. The molecule has 0 saturated carbocycles. The van der Waals surface area contributed by atoms with E-state index in [9.17, 15) is 9.59 Å². The van der Waals surface area contributed by atoms with Crippen molar-refractivity contribution in [3.63, 3.8) is 0 Å². The summed E-state index contributed by atoms with van der Waals surface area (Å²) in [5.74, 6) is -0.286. The Hall–Kier alpha value is -4.09. The number of hydrogen-bond acceptors (Lipinski definition) is 5. The number of aryl methyl sites for hydroxylation is 1. The number of hydrogen-bond donors (Lipinski definition) is 2. The van der Waals surface area contributed by atoms with Gasteiger partial charge in [-0.1, -0.05) is 59.6 Å². The predicted octanol–water partition coefficient (Wildman–Crippen LogP) is 6.37. The largest absolute Gasteiger partial charge is 0.491 e. The van der Waals surface area contributed by atoms with Gasteiger partial charge in [-0.05, 0) is 42.8 Å². The van der Waals surface area contributed by atoms with Gasteiger partial charge in [0.15, 0.2) is 11.6 Å². The summed E-state index contributed by atoms with van der Waals surface area (Å²) >= 11 is 6.14. The highest BCUT2D eigenvalue weighted by Gasteiger charge is 2.35. The number of nitrogens with one attached hydrogen (secondary N) is 1. The Morgan fingerprint density at radius 2 is 1.57 bits per heavy atom. The van der Waals surface area contributed by atoms with Crippen molar-refractivity contribution in [2.75, 3.05) is 17.7 Å². The Morgan fingerprint density at radius 1 is 0.857 bits per heavy atom. The maximum absolute atomic E-state index is 13.6. The number of nitrogens with two attached hydrogens (primary N) is 1. The number of fused-ring (bicyclic) bond motifs is 2. The Kier molecular flexibility index (Phi) is 6.01. The number of carbonyl (C=O) groups is 2. The lowest BCUT2D eigenvalue weighted by Crippen LogP contribution is -2.24. The van der Waals surface area contributed by atoms with Gasteiger partial charge in [-0.15, -0.1) is 0 Å². The molecule has 5 rings (SSSR count). The Labute approximate surface area is 208 Å². The third kappa shape index (κ3) is 4.38. The molecule has 35 heavy (non-hydrogen) atoms. The summed E-state index contributed by atoms with van der Waals surface area (Å²) in [5.41, 5.74) is 11.0. The molecule has 1 aliphatic rings. The molecule has 0 fully saturated rings. The van der Waals surface area contributed by atoms with Crippen LogP contribution in [-0.4, -0.2) is 18.2 Å². The van der Waals surface area contributed by atoms with Gasteiger partial charge < -0.3 is 15.8 Å². The van der Waals surface area contributed by atoms with Crippen LogP contribution in [0.25, 0.3) is 0 Å². The molecule has 174 valence electrons. The molecule has 5 nitrogen and oxygen atoms in total. The summed E-state index contributed by atoms with van der Waals surface area (Å²) in [6.45, 7) is 2.36. The van der Waals surface area contributed by atoms with Crippen molar-refractivity contribution >= 4 is 40.2 Å². The van der Waals surface area contributed by atoms with Crippen LogP contribution in [0.4, 0.5) is 17.1 Å². The summed E-state index contributed by atoms with van der Waals surface area (Å²) in [4.78, 5) is 27.1. The molecule has 4 aromatic rings. The molecular formula is C29H23ClN2O3. The molecule has 0 bridgehead atoms. The summed E-state index contributed by atoms with van der Waals surface area (Å²) in [5, 5.41) is 3.67. The van der Waals surface area contributed by atoms with E-state index >= 15 is 0 Å².